The van der Waals surface area contributed by atoms with Crippen LogP contribution in [-0.2, 0) is 6.42 Å². The van der Waals surface area contributed by atoms with E-state index in [9.17, 15) is 0 Å². The van der Waals surface area contributed by atoms with Gasteiger partial charge in [-0.1, -0.05) is 0 Å². The van der Waals surface area contributed by atoms with Gasteiger partial charge in [-0.25, -0.2) is 0 Å². The number of fused-ring (bicyclic) bond motifs is 3. The monoisotopic (exact) mass is 311 g/mol. The highest BCUT2D eigenvalue weighted by Crippen LogP contribution is 2.38. The summed E-state index contributed by atoms with van der Waals surface area (Å²) in [6.07, 6.45) is 1.07. The lowest BCUT2D eigenvalue weighted by Crippen LogP contribution is -2.55. The Balaban J connectivity index is 2.00. The topological polar surface area (TPSA) is 37.4 Å². The van der Waals surface area contributed by atoms with Crippen LogP contribution in [0.3, 0.4) is 0 Å². The number of piperazine rings is 1. The predicted octanol–water partition coefficient (Wildman–Crippen LogP) is 1.97. The van der Waals surface area contributed by atoms with Gasteiger partial charge in [-0.05, 0) is 47.8 Å². The van der Waals surface area contributed by atoms with Gasteiger partial charge in [0.2, 0.25) is 5.88 Å². The summed E-state index contributed by atoms with van der Waals surface area (Å²) in [5, 5.41) is 3.48. The van der Waals surface area contributed by atoms with Crippen LogP contribution >= 0.6 is 15.9 Å². The number of pyridine rings is 1. The van der Waals surface area contributed by atoms with E-state index in [2.05, 4.69) is 39.1 Å². The molecule has 0 radical (unpaired) electrons. The van der Waals surface area contributed by atoms with Crippen molar-refractivity contribution in [1.82, 2.24) is 10.3 Å². The number of nitrogens with zero attached hydrogens (tertiary/aromatic N) is 2. The molecule has 18 heavy (non-hydrogen) atoms. The summed E-state index contributed by atoms with van der Waals surface area (Å²) in [4.78, 5) is 7.15. The number of nitrogens with one attached hydrogen (secondary N) is 1. The van der Waals surface area contributed by atoms with Crippen molar-refractivity contribution in [3.8, 4) is 5.88 Å². The van der Waals surface area contributed by atoms with Crippen molar-refractivity contribution >= 4 is 21.7 Å². The summed E-state index contributed by atoms with van der Waals surface area (Å²) >= 11 is 3.54. The van der Waals surface area contributed by atoms with Crippen LogP contribution in [0.15, 0.2) is 10.5 Å². The van der Waals surface area contributed by atoms with Gasteiger partial charge in [-0.3, -0.25) is 0 Å². The number of hydrogen-bond donors (Lipinski definition) is 1. The fraction of sp³-hybridized carbons (Fsp3) is 0.615. The van der Waals surface area contributed by atoms with Gasteiger partial charge in [0.15, 0.2) is 0 Å². The van der Waals surface area contributed by atoms with Crippen LogP contribution in [0.1, 0.15) is 19.4 Å². The van der Waals surface area contributed by atoms with E-state index in [0.717, 1.165) is 29.8 Å². The van der Waals surface area contributed by atoms with Crippen molar-refractivity contribution in [3.63, 3.8) is 0 Å². The van der Waals surface area contributed by atoms with Crippen LogP contribution in [0.25, 0.3) is 0 Å². The van der Waals surface area contributed by atoms with E-state index >= 15 is 0 Å². The summed E-state index contributed by atoms with van der Waals surface area (Å²) in [5.74, 6) is 1.82. The lowest BCUT2D eigenvalue weighted by atomic mass is 10.1. The molecule has 0 aromatic carbocycles. The molecule has 1 saturated heterocycles. The highest BCUT2D eigenvalue weighted by molar-refractivity contribution is 9.10. The van der Waals surface area contributed by atoms with Crippen LogP contribution in [0, 0.1) is 0 Å². The van der Waals surface area contributed by atoms with E-state index in [-0.39, 0.29) is 0 Å². The summed E-state index contributed by atoms with van der Waals surface area (Å²) in [6, 6.07) is 3.20. The molecule has 0 amide bonds. The van der Waals surface area contributed by atoms with Crippen molar-refractivity contribution in [2.75, 3.05) is 24.6 Å². The maximum Gasteiger partial charge on any atom is 0.229 e. The molecule has 3 heterocycles. The Morgan fingerprint density at radius 2 is 2.39 bits per heavy atom. The molecule has 1 aromatic heterocycles. The van der Waals surface area contributed by atoms with E-state index < -0.39 is 0 Å². The molecule has 0 spiro atoms. The molecular weight excluding hydrogens is 294 g/mol. The molecule has 0 aliphatic carbocycles. The van der Waals surface area contributed by atoms with Crippen LogP contribution < -0.4 is 15.0 Å². The SMILES string of the molecule is CCOc1nc2c(cc1Br)CC1CNCC(C)N21. The van der Waals surface area contributed by atoms with Crippen molar-refractivity contribution in [1.29, 1.82) is 0 Å². The number of rotatable bonds is 2. The molecule has 2 aliphatic rings. The van der Waals surface area contributed by atoms with Crippen molar-refractivity contribution in [3.05, 3.63) is 16.1 Å². The third-order valence-corrected chi connectivity index (χ3v) is 4.24. The van der Waals surface area contributed by atoms with Gasteiger partial charge in [0.25, 0.3) is 0 Å². The molecule has 2 unspecified atom stereocenters. The zero-order valence-corrected chi connectivity index (χ0v) is 12.3. The molecule has 4 nitrogen and oxygen atoms in total. The van der Waals surface area contributed by atoms with E-state index in [1.165, 1.54) is 5.56 Å². The predicted molar refractivity (Wildman–Crippen MR) is 75.4 cm³/mol. The van der Waals surface area contributed by atoms with Crippen LogP contribution in [0.2, 0.25) is 0 Å². The maximum absolute atomic E-state index is 5.58. The first-order valence-electron chi connectivity index (χ1n) is 6.52. The maximum atomic E-state index is 5.58. The molecule has 98 valence electrons. The van der Waals surface area contributed by atoms with Crippen LogP contribution in [0.5, 0.6) is 5.88 Å². The Bertz CT molecular complexity index is 466. The molecule has 1 fully saturated rings. The normalized spacial score (nSPS) is 25.8. The Morgan fingerprint density at radius 1 is 1.56 bits per heavy atom. The lowest BCUT2D eigenvalue weighted by molar-refractivity contribution is 0.324. The Kier molecular flexibility index (Phi) is 3.20. The van der Waals surface area contributed by atoms with Gasteiger partial charge < -0.3 is 15.0 Å². The van der Waals surface area contributed by atoms with Crippen LogP contribution in [-0.4, -0.2) is 36.8 Å². The molecule has 2 aliphatic heterocycles. The summed E-state index contributed by atoms with van der Waals surface area (Å²) < 4.78 is 6.54. The summed E-state index contributed by atoms with van der Waals surface area (Å²) in [5.41, 5.74) is 1.32. The molecule has 0 bridgehead atoms. The minimum atomic E-state index is 0.494. The van der Waals surface area contributed by atoms with E-state index in [0.29, 0.717) is 24.6 Å². The van der Waals surface area contributed by atoms with Gasteiger partial charge in [-0.2, -0.15) is 4.98 Å². The summed E-state index contributed by atoms with van der Waals surface area (Å²) in [6.45, 7) is 6.95. The fourth-order valence-corrected chi connectivity index (χ4v) is 3.41. The quantitative estimate of drug-likeness (QED) is 0.906. The molecule has 5 heteroatoms. The molecule has 1 N–H and O–H groups in total. The standard InChI is InChI=1S/C13H18BrN3O/c1-3-18-13-11(14)5-9-4-10-7-15-6-8(2)17(10)12(9)16-13/h5,8,10,15H,3-4,6-7H2,1-2H3. The van der Waals surface area contributed by atoms with Crippen molar-refractivity contribution in [2.24, 2.45) is 0 Å². The van der Waals surface area contributed by atoms with Crippen molar-refractivity contribution < 1.29 is 4.74 Å². The lowest BCUT2D eigenvalue weighted by Gasteiger charge is -2.37. The molecule has 1 aromatic rings. The van der Waals surface area contributed by atoms with Gasteiger partial charge in [-0.15, -0.1) is 0 Å². The average Bonchev–Trinajstić information content (AvgIpc) is 2.68. The third-order valence-electron chi connectivity index (χ3n) is 3.67. The van der Waals surface area contributed by atoms with E-state index in [4.69, 9.17) is 9.72 Å². The fourth-order valence-electron chi connectivity index (χ4n) is 2.93. The first-order chi connectivity index (χ1) is 8.70. The Labute approximate surface area is 116 Å². The van der Waals surface area contributed by atoms with Crippen molar-refractivity contribution in [2.45, 2.75) is 32.4 Å². The number of halogens is 1. The highest BCUT2D eigenvalue weighted by Gasteiger charge is 2.36. The minimum absolute atomic E-state index is 0.494. The first-order valence-corrected chi connectivity index (χ1v) is 7.31. The van der Waals surface area contributed by atoms with Gasteiger partial charge in [0.1, 0.15) is 5.82 Å². The van der Waals surface area contributed by atoms with E-state index in [1.54, 1.807) is 0 Å². The van der Waals surface area contributed by atoms with E-state index in [1.807, 2.05) is 6.92 Å². The second-order valence-electron chi connectivity index (χ2n) is 4.96. The summed E-state index contributed by atoms with van der Waals surface area (Å²) in [7, 11) is 0. The average molecular weight is 312 g/mol. The second kappa shape index (κ2) is 4.70. The number of ether oxygens (including phenoxy) is 1. The number of hydrogen-bond acceptors (Lipinski definition) is 4. The minimum Gasteiger partial charge on any atom is -0.477 e. The van der Waals surface area contributed by atoms with Gasteiger partial charge in [0, 0.05) is 25.2 Å². The zero-order chi connectivity index (χ0) is 12.7. The zero-order valence-electron chi connectivity index (χ0n) is 10.7. The Hall–Kier alpha value is -0.810. The third kappa shape index (κ3) is 1.89. The second-order valence-corrected chi connectivity index (χ2v) is 5.82. The molecular formula is C13H18BrN3O. The largest absolute Gasteiger partial charge is 0.477 e. The number of anilines is 1. The van der Waals surface area contributed by atoms with Gasteiger partial charge >= 0.3 is 0 Å². The Morgan fingerprint density at radius 3 is 3.17 bits per heavy atom. The first kappa shape index (κ1) is 12.2. The smallest absolute Gasteiger partial charge is 0.229 e. The molecule has 0 saturated carbocycles. The highest BCUT2D eigenvalue weighted by atomic mass is 79.9. The van der Waals surface area contributed by atoms with Gasteiger partial charge in [0.05, 0.1) is 11.1 Å². The molecule has 3 rings (SSSR count). The molecule has 2 atom stereocenters. The number of aromatic nitrogens is 1. The van der Waals surface area contributed by atoms with Crippen LogP contribution in [0.4, 0.5) is 5.82 Å².